The molecule has 0 fully saturated rings. The van der Waals surface area contributed by atoms with E-state index in [9.17, 15) is 18.0 Å². The van der Waals surface area contributed by atoms with Crippen LogP contribution in [-0.4, -0.2) is 44.3 Å². The van der Waals surface area contributed by atoms with Crippen LogP contribution in [0.1, 0.15) is 29.2 Å². The normalized spacial score (nSPS) is 11.9. The van der Waals surface area contributed by atoms with E-state index in [1.807, 2.05) is 75.4 Å². The van der Waals surface area contributed by atoms with Gasteiger partial charge < -0.3 is 10.2 Å². The molecule has 0 saturated carbocycles. The number of halogens is 1. The highest BCUT2D eigenvalue weighted by molar-refractivity contribution is 9.10. The van der Waals surface area contributed by atoms with E-state index >= 15 is 0 Å². The van der Waals surface area contributed by atoms with E-state index < -0.39 is 28.5 Å². The molecule has 2 amide bonds. The highest BCUT2D eigenvalue weighted by Gasteiger charge is 2.34. The van der Waals surface area contributed by atoms with Crippen molar-refractivity contribution in [1.82, 2.24) is 10.2 Å². The Morgan fingerprint density at radius 2 is 1.37 bits per heavy atom. The number of hydrogen-bond donors (Lipinski definition) is 1. The van der Waals surface area contributed by atoms with Gasteiger partial charge in [0.1, 0.15) is 12.6 Å². The van der Waals surface area contributed by atoms with Gasteiger partial charge in [-0.25, -0.2) is 8.42 Å². The van der Waals surface area contributed by atoms with E-state index in [-0.39, 0.29) is 23.8 Å². The Labute approximate surface area is 262 Å². The maximum absolute atomic E-state index is 14.4. The second-order valence-corrected chi connectivity index (χ2v) is 13.2. The van der Waals surface area contributed by atoms with Crippen LogP contribution in [0, 0.1) is 13.8 Å². The number of aryl methyl sites for hydroxylation is 2. The number of anilines is 1. The molecule has 0 radical (unpaired) electrons. The number of benzene rings is 4. The largest absolute Gasteiger partial charge is 0.355 e. The summed E-state index contributed by atoms with van der Waals surface area (Å²) >= 11 is 3.41. The van der Waals surface area contributed by atoms with Crippen LogP contribution in [0.5, 0.6) is 0 Å². The number of likely N-dealkylation sites (N-methyl/N-ethyl adjacent to an activating group) is 1. The lowest BCUT2D eigenvalue weighted by Crippen LogP contribution is -2.53. The fourth-order valence-corrected chi connectivity index (χ4v) is 6.39. The maximum atomic E-state index is 14.4. The summed E-state index contributed by atoms with van der Waals surface area (Å²) in [5.41, 5.74) is 4.04. The van der Waals surface area contributed by atoms with Gasteiger partial charge in [0, 0.05) is 24.0 Å². The molecule has 0 aliphatic rings. The lowest BCUT2D eigenvalue weighted by atomic mass is 10.0. The molecular formula is C34H36BrN3O4S. The van der Waals surface area contributed by atoms with Gasteiger partial charge in [0.25, 0.3) is 10.0 Å². The SMILES string of the molecule is CCNC(=O)[C@H](Cc1ccccc1)N(Cc1ccc(C)cc1)C(=O)CN(c1ccc(Br)cc1)S(=O)(=O)c1ccc(C)cc1. The molecule has 0 saturated heterocycles. The van der Waals surface area contributed by atoms with Crippen molar-refractivity contribution in [2.45, 2.75) is 44.7 Å². The Hall–Kier alpha value is -3.95. The van der Waals surface area contributed by atoms with Gasteiger partial charge in [0.15, 0.2) is 0 Å². The van der Waals surface area contributed by atoms with Crippen molar-refractivity contribution in [3.8, 4) is 0 Å². The Balaban J connectivity index is 1.78. The Morgan fingerprint density at radius 3 is 1.95 bits per heavy atom. The maximum Gasteiger partial charge on any atom is 0.264 e. The van der Waals surface area contributed by atoms with Crippen LogP contribution in [-0.2, 0) is 32.6 Å². The smallest absolute Gasteiger partial charge is 0.264 e. The van der Waals surface area contributed by atoms with Crippen LogP contribution in [0.4, 0.5) is 5.69 Å². The van der Waals surface area contributed by atoms with Crippen LogP contribution >= 0.6 is 15.9 Å². The lowest BCUT2D eigenvalue weighted by Gasteiger charge is -2.34. The molecule has 224 valence electrons. The summed E-state index contributed by atoms with van der Waals surface area (Å²) in [6.07, 6.45) is 0.271. The number of carbonyl (C=O) groups is 2. The monoisotopic (exact) mass is 661 g/mol. The lowest BCUT2D eigenvalue weighted by molar-refractivity contribution is -0.140. The molecule has 0 aliphatic carbocycles. The predicted molar refractivity (Wildman–Crippen MR) is 174 cm³/mol. The van der Waals surface area contributed by atoms with Gasteiger partial charge in [-0.15, -0.1) is 0 Å². The standard InChI is InChI=1S/C34H36BrN3O4S/c1-4-36-34(40)32(22-27-8-6-5-7-9-27)37(23-28-14-10-25(2)11-15-28)33(39)24-38(30-18-16-29(35)17-19-30)43(41,42)31-20-12-26(3)13-21-31/h5-21,32H,4,22-24H2,1-3H3,(H,36,40)/t32-/m0/s1. The first-order valence-corrected chi connectivity index (χ1v) is 16.3. The number of nitrogens with one attached hydrogen (secondary N) is 1. The third-order valence-corrected chi connectivity index (χ3v) is 9.41. The second-order valence-electron chi connectivity index (χ2n) is 10.4. The molecule has 0 aliphatic heterocycles. The summed E-state index contributed by atoms with van der Waals surface area (Å²) in [4.78, 5) is 29.5. The summed E-state index contributed by atoms with van der Waals surface area (Å²) < 4.78 is 30.0. The Kier molecular flexibility index (Phi) is 10.8. The number of rotatable bonds is 12. The van der Waals surface area contributed by atoms with Crippen molar-refractivity contribution in [2.75, 3.05) is 17.4 Å². The highest BCUT2D eigenvalue weighted by atomic mass is 79.9. The van der Waals surface area contributed by atoms with Gasteiger partial charge in [0.2, 0.25) is 11.8 Å². The molecule has 0 unspecified atom stereocenters. The quantitative estimate of drug-likeness (QED) is 0.201. The van der Waals surface area contributed by atoms with Gasteiger partial charge >= 0.3 is 0 Å². The van der Waals surface area contributed by atoms with E-state index in [1.54, 1.807) is 36.4 Å². The third-order valence-electron chi connectivity index (χ3n) is 7.10. The van der Waals surface area contributed by atoms with E-state index in [0.717, 1.165) is 31.0 Å². The molecule has 43 heavy (non-hydrogen) atoms. The van der Waals surface area contributed by atoms with E-state index in [2.05, 4.69) is 21.2 Å². The average molecular weight is 663 g/mol. The fraction of sp³-hybridized carbons (Fsp3) is 0.235. The summed E-state index contributed by atoms with van der Waals surface area (Å²) in [6, 6.07) is 29.7. The number of nitrogens with zero attached hydrogens (tertiary/aromatic N) is 2. The molecule has 1 atom stereocenters. The minimum atomic E-state index is -4.14. The second kappa shape index (κ2) is 14.5. The van der Waals surface area contributed by atoms with E-state index in [4.69, 9.17) is 0 Å². The number of carbonyl (C=O) groups excluding carboxylic acids is 2. The van der Waals surface area contributed by atoms with Crippen molar-refractivity contribution in [3.05, 3.63) is 130 Å². The van der Waals surface area contributed by atoms with Gasteiger partial charge in [-0.05, 0) is 68.3 Å². The Bertz CT molecular complexity index is 1630. The van der Waals surface area contributed by atoms with Gasteiger partial charge in [-0.1, -0.05) is 93.8 Å². The number of amides is 2. The molecule has 0 spiro atoms. The molecule has 7 nitrogen and oxygen atoms in total. The minimum absolute atomic E-state index is 0.0727. The van der Waals surface area contributed by atoms with Gasteiger partial charge in [0.05, 0.1) is 10.6 Å². The number of hydrogen-bond acceptors (Lipinski definition) is 4. The molecule has 0 aromatic heterocycles. The molecule has 1 N–H and O–H groups in total. The molecule has 0 heterocycles. The summed E-state index contributed by atoms with van der Waals surface area (Å²) in [7, 11) is -4.14. The van der Waals surface area contributed by atoms with Crippen LogP contribution < -0.4 is 9.62 Å². The predicted octanol–water partition coefficient (Wildman–Crippen LogP) is 6.04. The Morgan fingerprint density at radius 1 is 0.791 bits per heavy atom. The first-order chi connectivity index (χ1) is 20.6. The topological polar surface area (TPSA) is 86.8 Å². The van der Waals surface area contributed by atoms with Crippen LogP contribution in [0.25, 0.3) is 0 Å². The fourth-order valence-electron chi connectivity index (χ4n) is 4.71. The molecule has 4 aromatic rings. The van der Waals surface area contributed by atoms with Crippen molar-refractivity contribution >= 4 is 43.5 Å². The summed E-state index contributed by atoms with van der Waals surface area (Å²) in [5.74, 6) is -0.797. The minimum Gasteiger partial charge on any atom is -0.355 e. The summed E-state index contributed by atoms with van der Waals surface area (Å²) in [5, 5.41) is 2.88. The zero-order chi connectivity index (χ0) is 31.0. The summed E-state index contributed by atoms with van der Waals surface area (Å²) in [6.45, 7) is 5.71. The van der Waals surface area contributed by atoms with E-state index in [1.165, 1.54) is 17.0 Å². The molecule has 0 bridgehead atoms. The first kappa shape index (κ1) is 32.0. The highest BCUT2D eigenvalue weighted by Crippen LogP contribution is 2.27. The van der Waals surface area contributed by atoms with Gasteiger partial charge in [-0.2, -0.15) is 0 Å². The zero-order valence-electron chi connectivity index (χ0n) is 24.5. The molecular weight excluding hydrogens is 626 g/mol. The van der Waals surface area contributed by atoms with Crippen molar-refractivity contribution in [1.29, 1.82) is 0 Å². The van der Waals surface area contributed by atoms with Crippen LogP contribution in [0.2, 0.25) is 0 Å². The van der Waals surface area contributed by atoms with Crippen LogP contribution in [0.15, 0.2) is 112 Å². The van der Waals surface area contributed by atoms with Crippen molar-refractivity contribution < 1.29 is 18.0 Å². The zero-order valence-corrected chi connectivity index (χ0v) is 26.9. The van der Waals surface area contributed by atoms with E-state index in [0.29, 0.717) is 12.2 Å². The molecule has 9 heteroatoms. The van der Waals surface area contributed by atoms with Gasteiger partial charge in [-0.3, -0.25) is 13.9 Å². The molecule has 4 rings (SSSR count). The van der Waals surface area contributed by atoms with Crippen LogP contribution in [0.3, 0.4) is 0 Å². The van der Waals surface area contributed by atoms with Crippen molar-refractivity contribution in [2.24, 2.45) is 0 Å². The third kappa shape index (κ3) is 8.33. The first-order valence-electron chi connectivity index (χ1n) is 14.1. The average Bonchev–Trinajstić information content (AvgIpc) is 3.00. The molecule has 4 aromatic carbocycles. The number of sulfonamides is 1. The van der Waals surface area contributed by atoms with Crippen molar-refractivity contribution in [3.63, 3.8) is 0 Å².